The van der Waals surface area contributed by atoms with Gasteiger partial charge in [0.05, 0.1) is 4.83 Å². The van der Waals surface area contributed by atoms with E-state index in [4.69, 9.17) is 0 Å². The molecule has 1 aromatic heterocycles. The van der Waals surface area contributed by atoms with Crippen LogP contribution in [0, 0.1) is 13.8 Å². The molecule has 2 aromatic rings. The van der Waals surface area contributed by atoms with E-state index < -0.39 is 0 Å². The van der Waals surface area contributed by atoms with Gasteiger partial charge in [-0.3, -0.25) is 0 Å². The average molecular weight is 335 g/mol. The fourth-order valence-corrected chi connectivity index (χ4v) is 4.99. The van der Waals surface area contributed by atoms with E-state index in [1.165, 1.54) is 47.3 Å². The number of rotatable bonds is 2. The van der Waals surface area contributed by atoms with Crippen LogP contribution < -0.4 is 0 Å². The van der Waals surface area contributed by atoms with Gasteiger partial charge in [0.2, 0.25) is 0 Å². The molecule has 1 atom stereocenters. The summed E-state index contributed by atoms with van der Waals surface area (Å²) in [6, 6.07) is 9.16. The third kappa shape index (κ3) is 2.66. The summed E-state index contributed by atoms with van der Waals surface area (Å²) in [7, 11) is 0. The summed E-state index contributed by atoms with van der Waals surface area (Å²) in [5, 5.41) is 0. The molecule has 0 N–H and O–H groups in total. The van der Waals surface area contributed by atoms with Crippen molar-refractivity contribution in [1.29, 1.82) is 0 Å². The zero-order chi connectivity index (χ0) is 13.4. The van der Waals surface area contributed by atoms with E-state index in [0.29, 0.717) is 4.83 Å². The molecule has 0 fully saturated rings. The molecule has 0 nitrogen and oxygen atoms in total. The maximum Gasteiger partial charge on any atom is 0.0740 e. The summed E-state index contributed by atoms with van der Waals surface area (Å²) in [6.45, 7) is 4.37. The molecule has 100 valence electrons. The zero-order valence-corrected chi connectivity index (χ0v) is 13.9. The van der Waals surface area contributed by atoms with Crippen LogP contribution in [0.5, 0.6) is 0 Å². The van der Waals surface area contributed by atoms with Crippen molar-refractivity contribution in [3.63, 3.8) is 0 Å². The molecule has 3 rings (SSSR count). The number of aryl methyl sites for hydroxylation is 4. The van der Waals surface area contributed by atoms with Crippen molar-refractivity contribution < 1.29 is 0 Å². The number of halogens is 1. The SMILES string of the molecule is Cc1ccc(C)c(C(Br)c2cc3c(s2)CCCC3)c1. The molecule has 1 aliphatic carbocycles. The normalized spacial score (nSPS) is 16.2. The second-order valence-electron chi connectivity index (χ2n) is 5.53. The van der Waals surface area contributed by atoms with Crippen molar-refractivity contribution >= 4 is 27.3 Å². The van der Waals surface area contributed by atoms with Gasteiger partial charge >= 0.3 is 0 Å². The molecule has 0 aliphatic heterocycles. The van der Waals surface area contributed by atoms with E-state index >= 15 is 0 Å². The van der Waals surface area contributed by atoms with Crippen molar-refractivity contribution in [2.75, 3.05) is 0 Å². The first kappa shape index (κ1) is 13.4. The summed E-state index contributed by atoms with van der Waals surface area (Å²) in [5.41, 5.74) is 5.73. The van der Waals surface area contributed by atoms with Crippen LogP contribution in [0.3, 0.4) is 0 Å². The molecule has 1 unspecified atom stereocenters. The third-order valence-electron chi connectivity index (χ3n) is 3.97. The lowest BCUT2D eigenvalue weighted by Crippen LogP contribution is -1.96. The fraction of sp³-hybridized carbons (Fsp3) is 0.412. The highest BCUT2D eigenvalue weighted by Crippen LogP contribution is 2.40. The standard InChI is InChI=1S/C17H19BrS/c1-11-7-8-12(2)14(9-11)17(18)16-10-13-5-3-4-6-15(13)19-16/h7-10,17H,3-6H2,1-2H3. The average Bonchev–Trinajstić information content (AvgIpc) is 2.84. The largest absolute Gasteiger partial charge is 0.144 e. The van der Waals surface area contributed by atoms with Gasteiger partial charge in [-0.1, -0.05) is 39.7 Å². The number of alkyl halides is 1. The molecule has 1 heterocycles. The van der Waals surface area contributed by atoms with Crippen LogP contribution in [0.1, 0.15) is 49.7 Å². The second-order valence-corrected chi connectivity index (χ2v) is 7.61. The lowest BCUT2D eigenvalue weighted by Gasteiger charge is -2.12. The second kappa shape index (κ2) is 5.41. The Hall–Kier alpha value is -0.600. The van der Waals surface area contributed by atoms with E-state index in [-0.39, 0.29) is 0 Å². The van der Waals surface area contributed by atoms with Crippen LogP contribution >= 0.6 is 27.3 Å². The first-order valence-electron chi connectivity index (χ1n) is 6.98. The Labute approximate surface area is 128 Å². The van der Waals surface area contributed by atoms with Gasteiger partial charge in [-0.25, -0.2) is 0 Å². The molecular weight excluding hydrogens is 316 g/mol. The van der Waals surface area contributed by atoms with Crippen LogP contribution in [0.25, 0.3) is 0 Å². The lowest BCUT2D eigenvalue weighted by molar-refractivity contribution is 0.697. The number of thiophene rings is 1. The summed E-state index contributed by atoms with van der Waals surface area (Å²) < 4.78 is 0. The quantitative estimate of drug-likeness (QED) is 0.615. The summed E-state index contributed by atoms with van der Waals surface area (Å²) in [6.07, 6.45) is 5.29. The lowest BCUT2D eigenvalue weighted by atomic mass is 9.98. The Morgan fingerprint density at radius 3 is 2.68 bits per heavy atom. The Morgan fingerprint density at radius 2 is 1.89 bits per heavy atom. The molecule has 0 bridgehead atoms. The third-order valence-corrected chi connectivity index (χ3v) is 6.56. The van der Waals surface area contributed by atoms with E-state index in [1.54, 1.807) is 10.4 Å². The van der Waals surface area contributed by atoms with E-state index in [0.717, 1.165) is 0 Å². The molecule has 0 amide bonds. The van der Waals surface area contributed by atoms with E-state index in [2.05, 4.69) is 54.0 Å². The minimum Gasteiger partial charge on any atom is -0.144 e. The first-order valence-corrected chi connectivity index (χ1v) is 8.71. The van der Waals surface area contributed by atoms with Crippen LogP contribution in [-0.4, -0.2) is 0 Å². The highest BCUT2D eigenvalue weighted by molar-refractivity contribution is 9.09. The van der Waals surface area contributed by atoms with E-state index in [9.17, 15) is 0 Å². The van der Waals surface area contributed by atoms with Crippen LogP contribution in [0.2, 0.25) is 0 Å². The predicted molar refractivity (Wildman–Crippen MR) is 87.6 cm³/mol. The topological polar surface area (TPSA) is 0 Å². The Balaban J connectivity index is 1.97. The molecule has 0 saturated heterocycles. The van der Waals surface area contributed by atoms with Gasteiger partial charge in [0.1, 0.15) is 0 Å². The molecular formula is C17H19BrS. The van der Waals surface area contributed by atoms with Crippen molar-refractivity contribution in [3.8, 4) is 0 Å². The van der Waals surface area contributed by atoms with Crippen molar-refractivity contribution in [2.24, 2.45) is 0 Å². The highest BCUT2D eigenvalue weighted by atomic mass is 79.9. The maximum atomic E-state index is 3.92. The fourth-order valence-electron chi connectivity index (χ4n) is 2.82. The zero-order valence-electron chi connectivity index (χ0n) is 11.5. The van der Waals surface area contributed by atoms with Crippen molar-refractivity contribution in [2.45, 2.75) is 44.4 Å². The van der Waals surface area contributed by atoms with Gasteiger partial charge in [-0.15, -0.1) is 11.3 Å². The first-order chi connectivity index (χ1) is 9.15. The van der Waals surface area contributed by atoms with E-state index in [1.807, 2.05) is 11.3 Å². The summed E-state index contributed by atoms with van der Waals surface area (Å²) >= 11 is 5.92. The number of hydrogen-bond acceptors (Lipinski definition) is 1. The number of benzene rings is 1. The van der Waals surface area contributed by atoms with Crippen LogP contribution in [-0.2, 0) is 12.8 Å². The summed E-state index contributed by atoms with van der Waals surface area (Å²) in [5.74, 6) is 0. The Kier molecular flexibility index (Phi) is 3.81. The minimum absolute atomic E-state index is 0.350. The van der Waals surface area contributed by atoms with Crippen molar-refractivity contribution in [3.05, 3.63) is 56.3 Å². The Morgan fingerprint density at radius 1 is 1.11 bits per heavy atom. The van der Waals surface area contributed by atoms with Crippen LogP contribution in [0.15, 0.2) is 24.3 Å². The predicted octanol–water partition coefficient (Wildman–Crippen LogP) is 5.73. The van der Waals surface area contributed by atoms with Crippen molar-refractivity contribution in [1.82, 2.24) is 0 Å². The number of fused-ring (bicyclic) bond motifs is 1. The Bertz CT molecular complexity index is 574. The molecule has 0 saturated carbocycles. The van der Waals surface area contributed by atoms with Gasteiger partial charge in [-0.05, 0) is 62.3 Å². The van der Waals surface area contributed by atoms with Gasteiger partial charge in [0.15, 0.2) is 0 Å². The highest BCUT2D eigenvalue weighted by Gasteiger charge is 2.19. The molecule has 1 aliphatic rings. The van der Waals surface area contributed by atoms with Gasteiger partial charge in [0, 0.05) is 9.75 Å². The molecule has 2 heteroatoms. The summed E-state index contributed by atoms with van der Waals surface area (Å²) in [4.78, 5) is 3.44. The molecule has 0 radical (unpaired) electrons. The smallest absolute Gasteiger partial charge is 0.0740 e. The van der Waals surface area contributed by atoms with Crippen LogP contribution in [0.4, 0.5) is 0 Å². The molecule has 1 aromatic carbocycles. The number of hydrogen-bond donors (Lipinski definition) is 0. The molecule has 0 spiro atoms. The van der Waals surface area contributed by atoms with Gasteiger partial charge in [0.25, 0.3) is 0 Å². The van der Waals surface area contributed by atoms with Gasteiger partial charge in [-0.2, -0.15) is 0 Å². The molecule has 19 heavy (non-hydrogen) atoms. The van der Waals surface area contributed by atoms with Gasteiger partial charge < -0.3 is 0 Å². The maximum absolute atomic E-state index is 3.92. The monoisotopic (exact) mass is 334 g/mol. The minimum atomic E-state index is 0.350.